The molecule has 5 rings (SSSR count). The van der Waals surface area contributed by atoms with E-state index in [2.05, 4.69) is 40.9 Å². The molecule has 38 heavy (non-hydrogen) atoms. The van der Waals surface area contributed by atoms with E-state index in [9.17, 15) is 9.59 Å². The number of aryl methyl sites for hydroxylation is 1. The zero-order valence-corrected chi connectivity index (χ0v) is 21.8. The van der Waals surface area contributed by atoms with Crippen molar-refractivity contribution in [1.82, 2.24) is 40.1 Å². The lowest BCUT2D eigenvalue weighted by Crippen LogP contribution is -2.54. The Hall–Kier alpha value is -4.55. The maximum Gasteiger partial charge on any atom is 0.271 e. The van der Waals surface area contributed by atoms with Crippen molar-refractivity contribution >= 4 is 40.2 Å². The number of nitrogens with zero attached hydrogens (tertiary/aromatic N) is 8. The van der Waals surface area contributed by atoms with E-state index in [-0.39, 0.29) is 35.5 Å². The zero-order valence-electron chi connectivity index (χ0n) is 21.8. The normalized spacial score (nSPS) is 17.7. The summed E-state index contributed by atoms with van der Waals surface area (Å²) in [5.74, 6) is -0.0138. The molecule has 2 amide bonds. The molecule has 1 saturated heterocycles. The first-order valence-corrected chi connectivity index (χ1v) is 12.6. The Morgan fingerprint density at radius 1 is 1.21 bits per heavy atom. The second-order valence-corrected chi connectivity index (χ2v) is 9.80. The first kappa shape index (κ1) is 25.1. The lowest BCUT2D eigenvalue weighted by molar-refractivity contribution is 0.0923. The standard InChI is InChI=1S/C25H31N11O2/c1-14(2)36-20-8-7-16(10-19(20)32-33-36)25(38)30-18-6-5-9-35(15(18)3)21-12-27-22(23(26)37)24(31-21)29-17-11-28-34(4)13-17/h7-8,10-15,18H,5-6,9H2,1-4H3,(H2,26,37)(H,29,31)(H,30,38)/t15-,18-/m1/s1. The highest BCUT2D eigenvalue weighted by Crippen LogP contribution is 2.27. The van der Waals surface area contributed by atoms with Gasteiger partial charge in [-0.1, -0.05) is 5.21 Å². The van der Waals surface area contributed by atoms with Crippen LogP contribution in [0.5, 0.6) is 0 Å². The largest absolute Gasteiger partial charge is 0.364 e. The lowest BCUT2D eigenvalue weighted by atomic mass is 9.97. The second-order valence-electron chi connectivity index (χ2n) is 9.80. The smallest absolute Gasteiger partial charge is 0.271 e. The Bertz CT molecular complexity index is 1490. The Balaban J connectivity index is 1.34. The summed E-state index contributed by atoms with van der Waals surface area (Å²) in [5.41, 5.74) is 8.34. The molecule has 3 aromatic heterocycles. The third kappa shape index (κ3) is 4.86. The van der Waals surface area contributed by atoms with E-state index in [4.69, 9.17) is 5.73 Å². The highest BCUT2D eigenvalue weighted by atomic mass is 16.2. The summed E-state index contributed by atoms with van der Waals surface area (Å²) < 4.78 is 3.47. The molecule has 0 bridgehead atoms. The summed E-state index contributed by atoms with van der Waals surface area (Å²) in [6.45, 7) is 6.84. The molecule has 0 unspecified atom stereocenters. The van der Waals surface area contributed by atoms with Crippen molar-refractivity contribution in [3.63, 3.8) is 0 Å². The van der Waals surface area contributed by atoms with E-state index in [0.717, 1.165) is 24.9 Å². The number of nitrogens with one attached hydrogen (secondary N) is 2. The number of primary amides is 1. The molecule has 0 aliphatic carbocycles. The molecular formula is C25H31N11O2. The molecule has 0 spiro atoms. The molecule has 1 fully saturated rings. The first-order valence-electron chi connectivity index (χ1n) is 12.6. The predicted molar refractivity (Wildman–Crippen MR) is 142 cm³/mol. The summed E-state index contributed by atoms with van der Waals surface area (Å²) in [6.07, 6.45) is 6.59. The lowest BCUT2D eigenvalue weighted by Gasteiger charge is -2.40. The van der Waals surface area contributed by atoms with Crippen LogP contribution in [0.1, 0.15) is 60.5 Å². The fourth-order valence-electron chi connectivity index (χ4n) is 4.78. The highest BCUT2D eigenvalue weighted by Gasteiger charge is 2.31. The number of anilines is 3. The molecular weight excluding hydrogens is 486 g/mol. The van der Waals surface area contributed by atoms with Crippen LogP contribution in [0.4, 0.5) is 17.3 Å². The van der Waals surface area contributed by atoms with Crippen molar-refractivity contribution in [2.45, 2.75) is 51.7 Å². The van der Waals surface area contributed by atoms with Crippen LogP contribution >= 0.6 is 0 Å². The number of carbonyl (C=O) groups excluding carboxylic acids is 2. The molecule has 1 aliphatic rings. The quantitative estimate of drug-likeness (QED) is 0.333. The second kappa shape index (κ2) is 10.1. The van der Waals surface area contributed by atoms with Gasteiger partial charge in [0, 0.05) is 43.5 Å². The molecule has 198 valence electrons. The maximum absolute atomic E-state index is 13.2. The van der Waals surface area contributed by atoms with Crippen LogP contribution in [-0.2, 0) is 7.05 Å². The van der Waals surface area contributed by atoms with Crippen LogP contribution in [0, 0.1) is 0 Å². The number of benzene rings is 1. The molecule has 13 nitrogen and oxygen atoms in total. The fourth-order valence-corrected chi connectivity index (χ4v) is 4.78. The molecule has 0 radical (unpaired) electrons. The fraction of sp³-hybridized carbons (Fsp3) is 0.400. The summed E-state index contributed by atoms with van der Waals surface area (Å²) >= 11 is 0. The van der Waals surface area contributed by atoms with Crippen LogP contribution in [-0.4, -0.2) is 65.2 Å². The summed E-state index contributed by atoms with van der Waals surface area (Å²) in [5, 5.41) is 18.8. The van der Waals surface area contributed by atoms with E-state index >= 15 is 0 Å². The third-order valence-corrected chi connectivity index (χ3v) is 6.78. The Morgan fingerprint density at radius 2 is 2.03 bits per heavy atom. The number of hydrogen-bond acceptors (Lipinski definition) is 9. The van der Waals surface area contributed by atoms with Crippen LogP contribution in [0.3, 0.4) is 0 Å². The molecule has 4 N–H and O–H groups in total. The number of carbonyl (C=O) groups is 2. The molecule has 13 heteroatoms. The monoisotopic (exact) mass is 517 g/mol. The Morgan fingerprint density at radius 3 is 2.74 bits per heavy atom. The number of piperidine rings is 1. The van der Waals surface area contributed by atoms with E-state index in [1.165, 1.54) is 0 Å². The molecule has 1 aliphatic heterocycles. The van der Waals surface area contributed by atoms with Gasteiger partial charge in [-0.05, 0) is 51.8 Å². The number of hydrogen-bond donors (Lipinski definition) is 3. The van der Waals surface area contributed by atoms with Gasteiger partial charge in [-0.25, -0.2) is 14.6 Å². The zero-order chi connectivity index (χ0) is 27.0. The van der Waals surface area contributed by atoms with Crippen molar-refractivity contribution in [2.24, 2.45) is 12.8 Å². The predicted octanol–water partition coefficient (Wildman–Crippen LogP) is 2.17. The highest BCUT2D eigenvalue weighted by molar-refractivity contribution is 5.98. The van der Waals surface area contributed by atoms with E-state index in [0.29, 0.717) is 22.6 Å². The van der Waals surface area contributed by atoms with Gasteiger partial charge in [0.15, 0.2) is 11.5 Å². The summed E-state index contributed by atoms with van der Waals surface area (Å²) in [7, 11) is 1.79. The number of nitrogens with two attached hydrogens (primary N) is 1. The van der Waals surface area contributed by atoms with Crippen LogP contribution in [0.25, 0.3) is 11.0 Å². The van der Waals surface area contributed by atoms with Crippen molar-refractivity contribution in [2.75, 3.05) is 16.8 Å². The number of aromatic nitrogens is 7. The number of amides is 2. The van der Waals surface area contributed by atoms with Crippen LogP contribution in [0.2, 0.25) is 0 Å². The van der Waals surface area contributed by atoms with Gasteiger partial charge < -0.3 is 21.3 Å². The number of fused-ring (bicyclic) bond motifs is 1. The average Bonchev–Trinajstić information content (AvgIpc) is 3.50. The third-order valence-electron chi connectivity index (χ3n) is 6.78. The Labute approximate surface area is 219 Å². The van der Waals surface area contributed by atoms with Crippen molar-refractivity contribution < 1.29 is 9.59 Å². The SMILES string of the molecule is CC(C)n1nnc2cc(C(=O)N[C@@H]3CCCN(c4cnc(C(N)=O)c(Nc5cnn(C)c5)n4)[C@@H]3C)ccc21. The molecule has 4 heterocycles. The van der Waals surface area contributed by atoms with Gasteiger partial charge in [0.1, 0.15) is 11.3 Å². The van der Waals surface area contributed by atoms with Gasteiger partial charge in [0.05, 0.1) is 23.6 Å². The van der Waals surface area contributed by atoms with Crippen molar-refractivity contribution in [3.05, 3.63) is 48.0 Å². The van der Waals surface area contributed by atoms with E-state index in [1.54, 1.807) is 42.5 Å². The first-order chi connectivity index (χ1) is 18.2. The van der Waals surface area contributed by atoms with E-state index < -0.39 is 5.91 Å². The van der Waals surface area contributed by atoms with E-state index in [1.807, 2.05) is 31.5 Å². The average molecular weight is 518 g/mol. The molecule has 0 saturated carbocycles. The van der Waals surface area contributed by atoms with Gasteiger partial charge in [0.25, 0.3) is 11.8 Å². The molecule has 1 aromatic carbocycles. The minimum Gasteiger partial charge on any atom is -0.364 e. The van der Waals surface area contributed by atoms with Crippen LogP contribution < -0.4 is 21.3 Å². The van der Waals surface area contributed by atoms with Crippen LogP contribution in [0.15, 0.2) is 36.8 Å². The van der Waals surface area contributed by atoms with Gasteiger partial charge in [-0.3, -0.25) is 14.3 Å². The van der Waals surface area contributed by atoms with Crippen molar-refractivity contribution in [3.8, 4) is 0 Å². The topological polar surface area (TPSA) is 162 Å². The summed E-state index contributed by atoms with van der Waals surface area (Å²) in [6, 6.07) is 5.44. The van der Waals surface area contributed by atoms with Gasteiger partial charge >= 0.3 is 0 Å². The maximum atomic E-state index is 13.2. The number of rotatable bonds is 7. The molecule has 4 aromatic rings. The van der Waals surface area contributed by atoms with Gasteiger partial charge in [0.2, 0.25) is 0 Å². The van der Waals surface area contributed by atoms with Gasteiger partial charge in [-0.15, -0.1) is 5.10 Å². The minimum atomic E-state index is -0.683. The minimum absolute atomic E-state index is 0.0388. The molecule has 2 atom stereocenters. The van der Waals surface area contributed by atoms with Crippen molar-refractivity contribution in [1.29, 1.82) is 0 Å². The van der Waals surface area contributed by atoms with Gasteiger partial charge in [-0.2, -0.15) is 5.10 Å². The summed E-state index contributed by atoms with van der Waals surface area (Å²) in [4.78, 5) is 36.2. The Kier molecular flexibility index (Phi) is 6.66.